The van der Waals surface area contributed by atoms with Gasteiger partial charge in [0.2, 0.25) is 0 Å². The lowest BCUT2D eigenvalue weighted by molar-refractivity contribution is -0.384. The third kappa shape index (κ3) is 3.82. The zero-order valence-corrected chi connectivity index (χ0v) is 13.9. The number of carbonyl (C=O) groups is 1. The summed E-state index contributed by atoms with van der Waals surface area (Å²) in [4.78, 5) is 22.2. The number of fused-ring (bicyclic) bond motifs is 1. The van der Waals surface area contributed by atoms with Crippen LogP contribution in [-0.4, -0.2) is 22.6 Å². The molecule has 0 fully saturated rings. The number of hydrazone groups is 1. The number of nitro groups is 1. The standard InChI is InChI=1S/C18H17N3O4/c1-18(2)10-14-8-12(6-7-16(14)25-18)11-19-20-17(22)13-4-3-5-15(9-13)21(23)24/h3-9,11H,10H2,1-2H3,(H,20,22)/b19-11+. The van der Waals surface area contributed by atoms with Crippen molar-refractivity contribution in [2.24, 2.45) is 5.10 Å². The fraction of sp³-hybridized carbons (Fsp3) is 0.222. The number of nitro benzene ring substituents is 1. The molecule has 7 nitrogen and oxygen atoms in total. The fourth-order valence-corrected chi connectivity index (χ4v) is 2.70. The Kier molecular flexibility index (Phi) is 4.22. The summed E-state index contributed by atoms with van der Waals surface area (Å²) >= 11 is 0. The molecule has 7 heteroatoms. The van der Waals surface area contributed by atoms with Crippen molar-refractivity contribution in [2.45, 2.75) is 25.9 Å². The molecule has 2 aromatic rings. The van der Waals surface area contributed by atoms with Crippen molar-refractivity contribution in [3.05, 3.63) is 69.3 Å². The number of amides is 1. The van der Waals surface area contributed by atoms with E-state index >= 15 is 0 Å². The van der Waals surface area contributed by atoms with Gasteiger partial charge in [0.15, 0.2) is 0 Å². The largest absolute Gasteiger partial charge is 0.487 e. The molecule has 1 amide bonds. The van der Waals surface area contributed by atoms with Gasteiger partial charge in [-0.1, -0.05) is 6.07 Å². The van der Waals surface area contributed by atoms with E-state index in [4.69, 9.17) is 4.74 Å². The molecule has 2 aromatic carbocycles. The molecule has 1 aliphatic rings. The highest BCUT2D eigenvalue weighted by Gasteiger charge is 2.29. The Balaban J connectivity index is 1.67. The molecule has 1 heterocycles. The summed E-state index contributed by atoms with van der Waals surface area (Å²) in [6.45, 7) is 4.06. The number of non-ortho nitro benzene ring substituents is 1. The van der Waals surface area contributed by atoms with Gasteiger partial charge in [0.25, 0.3) is 11.6 Å². The molecule has 1 N–H and O–H groups in total. The second-order valence-electron chi connectivity index (χ2n) is 6.41. The maximum absolute atomic E-state index is 12.0. The molecule has 0 saturated carbocycles. The summed E-state index contributed by atoms with van der Waals surface area (Å²) in [6.07, 6.45) is 2.34. The van der Waals surface area contributed by atoms with E-state index in [-0.39, 0.29) is 16.9 Å². The summed E-state index contributed by atoms with van der Waals surface area (Å²) < 4.78 is 5.81. The highest BCUT2D eigenvalue weighted by Crippen LogP contribution is 2.34. The van der Waals surface area contributed by atoms with Gasteiger partial charge >= 0.3 is 0 Å². The van der Waals surface area contributed by atoms with Crippen LogP contribution in [0.3, 0.4) is 0 Å². The van der Waals surface area contributed by atoms with Gasteiger partial charge in [-0.25, -0.2) is 5.43 Å². The summed E-state index contributed by atoms with van der Waals surface area (Å²) in [7, 11) is 0. The molecule has 0 saturated heterocycles. The molecular weight excluding hydrogens is 322 g/mol. The number of rotatable bonds is 4. The number of hydrogen-bond acceptors (Lipinski definition) is 5. The molecule has 0 aromatic heterocycles. The first-order chi connectivity index (χ1) is 11.8. The predicted molar refractivity (Wildman–Crippen MR) is 93.0 cm³/mol. The van der Waals surface area contributed by atoms with Gasteiger partial charge in [-0.3, -0.25) is 14.9 Å². The Labute approximate surface area is 144 Å². The first kappa shape index (κ1) is 16.6. The monoisotopic (exact) mass is 339 g/mol. The second kappa shape index (κ2) is 6.35. The van der Waals surface area contributed by atoms with E-state index in [9.17, 15) is 14.9 Å². The highest BCUT2D eigenvalue weighted by molar-refractivity contribution is 5.95. The van der Waals surface area contributed by atoms with Gasteiger partial charge in [-0.2, -0.15) is 5.10 Å². The van der Waals surface area contributed by atoms with Crippen LogP contribution in [0.5, 0.6) is 5.75 Å². The van der Waals surface area contributed by atoms with Crippen LogP contribution in [0.25, 0.3) is 0 Å². The lowest BCUT2D eigenvalue weighted by Gasteiger charge is -2.16. The Morgan fingerprint density at radius 3 is 2.88 bits per heavy atom. The van der Waals surface area contributed by atoms with Crippen LogP contribution >= 0.6 is 0 Å². The van der Waals surface area contributed by atoms with Crippen molar-refractivity contribution in [1.82, 2.24) is 5.43 Å². The zero-order valence-electron chi connectivity index (χ0n) is 13.9. The molecule has 3 rings (SSSR count). The topological polar surface area (TPSA) is 93.8 Å². The molecule has 0 bridgehead atoms. The van der Waals surface area contributed by atoms with Crippen LogP contribution in [0.15, 0.2) is 47.6 Å². The first-order valence-electron chi connectivity index (χ1n) is 7.74. The smallest absolute Gasteiger partial charge is 0.271 e. The van der Waals surface area contributed by atoms with Crippen molar-refractivity contribution in [3.63, 3.8) is 0 Å². The van der Waals surface area contributed by atoms with Crippen LogP contribution < -0.4 is 10.2 Å². The third-order valence-electron chi connectivity index (χ3n) is 3.79. The van der Waals surface area contributed by atoms with Gasteiger partial charge in [0.05, 0.1) is 11.1 Å². The minimum atomic E-state index is -0.547. The van der Waals surface area contributed by atoms with Crippen LogP contribution in [-0.2, 0) is 6.42 Å². The van der Waals surface area contributed by atoms with Crippen molar-refractivity contribution in [2.75, 3.05) is 0 Å². The summed E-state index contributed by atoms with van der Waals surface area (Å²) in [5.74, 6) is 0.355. The van der Waals surface area contributed by atoms with Crippen LogP contribution in [0.4, 0.5) is 5.69 Å². The number of carbonyl (C=O) groups excluding carboxylic acids is 1. The predicted octanol–water partition coefficient (Wildman–Crippen LogP) is 3.07. The number of hydrogen-bond donors (Lipinski definition) is 1. The maximum atomic E-state index is 12.0. The average Bonchev–Trinajstić information content (AvgIpc) is 2.88. The summed E-state index contributed by atoms with van der Waals surface area (Å²) in [5.41, 5.74) is 4.12. The van der Waals surface area contributed by atoms with Gasteiger partial charge in [0.1, 0.15) is 11.4 Å². The minimum Gasteiger partial charge on any atom is -0.487 e. The Bertz CT molecular complexity index is 874. The third-order valence-corrected chi connectivity index (χ3v) is 3.79. The quantitative estimate of drug-likeness (QED) is 0.526. The molecule has 1 aliphatic heterocycles. The van der Waals surface area contributed by atoms with Gasteiger partial charge < -0.3 is 4.74 Å². The van der Waals surface area contributed by atoms with E-state index in [0.29, 0.717) is 0 Å². The van der Waals surface area contributed by atoms with E-state index < -0.39 is 10.8 Å². The fourth-order valence-electron chi connectivity index (χ4n) is 2.70. The number of nitrogens with zero attached hydrogens (tertiary/aromatic N) is 2. The summed E-state index contributed by atoms with van der Waals surface area (Å²) in [5, 5.41) is 14.7. The Hall–Kier alpha value is -3.22. The Morgan fingerprint density at radius 1 is 1.32 bits per heavy atom. The minimum absolute atomic E-state index is 0.141. The molecule has 0 spiro atoms. The second-order valence-corrected chi connectivity index (χ2v) is 6.41. The zero-order chi connectivity index (χ0) is 18.0. The van der Waals surface area contributed by atoms with Crippen molar-refractivity contribution in [3.8, 4) is 5.75 Å². The highest BCUT2D eigenvalue weighted by atomic mass is 16.6. The molecule has 0 atom stereocenters. The van der Waals surface area contributed by atoms with E-state index in [1.54, 1.807) is 0 Å². The summed E-state index contributed by atoms with van der Waals surface area (Å²) in [6, 6.07) is 11.2. The number of ether oxygens (including phenoxy) is 1. The molecule has 25 heavy (non-hydrogen) atoms. The lowest BCUT2D eigenvalue weighted by Crippen LogP contribution is -2.24. The molecule has 0 unspecified atom stereocenters. The van der Waals surface area contributed by atoms with Crippen molar-refractivity contribution >= 4 is 17.8 Å². The van der Waals surface area contributed by atoms with E-state index in [1.165, 1.54) is 30.5 Å². The van der Waals surface area contributed by atoms with Gasteiger partial charge in [0, 0.05) is 24.1 Å². The van der Waals surface area contributed by atoms with Gasteiger partial charge in [-0.05, 0) is 49.2 Å². The molecular formula is C18H17N3O4. The molecule has 0 aliphatic carbocycles. The normalized spacial score (nSPS) is 14.8. The lowest BCUT2D eigenvalue weighted by atomic mass is 10.0. The SMILES string of the molecule is CC1(C)Cc2cc(/C=N/NC(=O)c3cccc([N+](=O)[O-])c3)ccc2O1. The maximum Gasteiger partial charge on any atom is 0.271 e. The molecule has 0 radical (unpaired) electrons. The van der Waals surface area contributed by atoms with Crippen LogP contribution in [0.1, 0.15) is 35.3 Å². The average molecular weight is 339 g/mol. The van der Waals surface area contributed by atoms with Crippen LogP contribution in [0.2, 0.25) is 0 Å². The number of benzene rings is 2. The van der Waals surface area contributed by atoms with Crippen molar-refractivity contribution in [1.29, 1.82) is 0 Å². The van der Waals surface area contributed by atoms with Crippen molar-refractivity contribution < 1.29 is 14.5 Å². The van der Waals surface area contributed by atoms with E-state index in [1.807, 2.05) is 32.0 Å². The van der Waals surface area contributed by atoms with E-state index in [0.717, 1.165) is 23.3 Å². The first-order valence-corrected chi connectivity index (χ1v) is 7.74. The number of nitrogens with one attached hydrogen (secondary N) is 1. The van der Waals surface area contributed by atoms with Crippen LogP contribution in [0, 0.1) is 10.1 Å². The van der Waals surface area contributed by atoms with E-state index in [2.05, 4.69) is 10.5 Å². The van der Waals surface area contributed by atoms with Gasteiger partial charge in [-0.15, -0.1) is 0 Å². The Morgan fingerprint density at radius 2 is 2.12 bits per heavy atom. The molecule has 128 valence electrons.